The molecule has 3 aromatic heterocycles. The van der Waals surface area contributed by atoms with Crippen molar-refractivity contribution < 1.29 is 13.9 Å². The number of fused-ring (bicyclic) bond motifs is 4. The summed E-state index contributed by atoms with van der Waals surface area (Å²) in [4.78, 5) is 17.2. The number of methoxy groups -OCH3 is 2. The van der Waals surface area contributed by atoms with E-state index in [0.29, 0.717) is 39.3 Å². The molecule has 3 heterocycles. The van der Waals surface area contributed by atoms with Gasteiger partial charge in [0.25, 0.3) is 0 Å². The Hall–Kier alpha value is -3.02. The lowest BCUT2D eigenvalue weighted by Crippen LogP contribution is -2.05. The molecule has 0 atom stereocenters. The van der Waals surface area contributed by atoms with Gasteiger partial charge in [-0.1, -0.05) is 6.07 Å². The SMILES string of the molecule is COc1cc2oc3nc4ccccn4c3c(=O)c2cc1OC. The van der Waals surface area contributed by atoms with Gasteiger partial charge in [-0.2, -0.15) is 4.98 Å². The van der Waals surface area contributed by atoms with Crippen LogP contribution in [0.5, 0.6) is 11.5 Å². The number of benzene rings is 1. The molecular formula is C16H12N2O4. The van der Waals surface area contributed by atoms with E-state index in [1.165, 1.54) is 14.2 Å². The van der Waals surface area contributed by atoms with Crippen molar-refractivity contribution >= 4 is 27.8 Å². The number of pyridine rings is 1. The highest BCUT2D eigenvalue weighted by atomic mass is 16.5. The van der Waals surface area contributed by atoms with Gasteiger partial charge in [-0.3, -0.25) is 9.20 Å². The molecule has 4 rings (SSSR count). The second kappa shape index (κ2) is 4.49. The molecule has 0 fully saturated rings. The average Bonchev–Trinajstić information content (AvgIpc) is 2.92. The molecule has 0 aliphatic rings. The molecule has 0 bridgehead atoms. The molecule has 4 aromatic rings. The van der Waals surface area contributed by atoms with Crippen molar-refractivity contribution in [3.8, 4) is 11.5 Å². The van der Waals surface area contributed by atoms with Crippen LogP contribution in [0.15, 0.2) is 45.7 Å². The Bertz CT molecular complexity index is 1080. The van der Waals surface area contributed by atoms with Crippen LogP contribution in [0.3, 0.4) is 0 Å². The largest absolute Gasteiger partial charge is 0.493 e. The number of rotatable bonds is 2. The maximum Gasteiger partial charge on any atom is 0.250 e. The summed E-state index contributed by atoms with van der Waals surface area (Å²) in [6, 6.07) is 8.78. The van der Waals surface area contributed by atoms with Gasteiger partial charge in [-0.05, 0) is 18.2 Å². The second-order valence-electron chi connectivity index (χ2n) is 4.83. The molecule has 6 nitrogen and oxygen atoms in total. The van der Waals surface area contributed by atoms with E-state index in [9.17, 15) is 4.79 Å². The summed E-state index contributed by atoms with van der Waals surface area (Å²) >= 11 is 0. The second-order valence-corrected chi connectivity index (χ2v) is 4.83. The van der Waals surface area contributed by atoms with Crippen molar-refractivity contribution in [3.63, 3.8) is 0 Å². The fraction of sp³-hybridized carbons (Fsp3) is 0.125. The normalized spacial score (nSPS) is 11.4. The van der Waals surface area contributed by atoms with Gasteiger partial charge in [0.15, 0.2) is 17.0 Å². The van der Waals surface area contributed by atoms with Gasteiger partial charge >= 0.3 is 0 Å². The first-order valence-electron chi connectivity index (χ1n) is 6.68. The Balaban J connectivity index is 2.22. The van der Waals surface area contributed by atoms with Gasteiger partial charge in [-0.25, -0.2) is 0 Å². The van der Waals surface area contributed by atoms with E-state index in [1.807, 2.05) is 18.2 Å². The fourth-order valence-corrected chi connectivity index (χ4v) is 2.61. The quantitative estimate of drug-likeness (QED) is 0.569. The number of ether oxygens (including phenoxy) is 2. The van der Waals surface area contributed by atoms with E-state index in [4.69, 9.17) is 13.9 Å². The minimum atomic E-state index is -0.157. The summed E-state index contributed by atoms with van der Waals surface area (Å²) in [5.74, 6) is 0.983. The third-order valence-corrected chi connectivity index (χ3v) is 3.65. The van der Waals surface area contributed by atoms with Crippen molar-refractivity contribution in [2.45, 2.75) is 0 Å². The molecule has 0 N–H and O–H groups in total. The van der Waals surface area contributed by atoms with Crippen LogP contribution < -0.4 is 14.9 Å². The van der Waals surface area contributed by atoms with Crippen molar-refractivity contribution in [1.82, 2.24) is 9.38 Å². The summed E-state index contributed by atoms with van der Waals surface area (Å²) in [5.41, 5.74) is 1.63. The molecule has 0 aliphatic heterocycles. The van der Waals surface area contributed by atoms with Gasteiger partial charge in [0.2, 0.25) is 11.1 Å². The third-order valence-electron chi connectivity index (χ3n) is 3.65. The molecule has 110 valence electrons. The van der Waals surface area contributed by atoms with Gasteiger partial charge < -0.3 is 13.9 Å². The van der Waals surface area contributed by atoms with Crippen LogP contribution in [-0.2, 0) is 0 Å². The number of aromatic nitrogens is 2. The Morgan fingerprint density at radius 1 is 1.14 bits per heavy atom. The molecule has 1 aromatic carbocycles. The van der Waals surface area contributed by atoms with Crippen molar-refractivity contribution in [2.24, 2.45) is 0 Å². The van der Waals surface area contributed by atoms with Crippen LogP contribution >= 0.6 is 0 Å². The zero-order valence-electron chi connectivity index (χ0n) is 12.0. The molecule has 0 unspecified atom stereocenters. The lowest BCUT2D eigenvalue weighted by Gasteiger charge is -2.08. The molecule has 22 heavy (non-hydrogen) atoms. The van der Waals surface area contributed by atoms with E-state index in [1.54, 1.807) is 22.7 Å². The van der Waals surface area contributed by atoms with Gasteiger partial charge in [0, 0.05) is 12.3 Å². The monoisotopic (exact) mass is 296 g/mol. The Kier molecular flexibility index (Phi) is 2.59. The highest BCUT2D eigenvalue weighted by Crippen LogP contribution is 2.32. The predicted molar refractivity (Wildman–Crippen MR) is 81.8 cm³/mol. The molecule has 0 radical (unpaired) electrons. The average molecular weight is 296 g/mol. The fourth-order valence-electron chi connectivity index (χ4n) is 2.61. The Morgan fingerprint density at radius 3 is 2.68 bits per heavy atom. The minimum Gasteiger partial charge on any atom is -0.493 e. The van der Waals surface area contributed by atoms with Crippen LogP contribution in [0.25, 0.3) is 27.8 Å². The van der Waals surface area contributed by atoms with Crippen LogP contribution in [0, 0.1) is 0 Å². The Morgan fingerprint density at radius 2 is 1.91 bits per heavy atom. The third kappa shape index (κ3) is 1.60. The predicted octanol–water partition coefficient (Wildman–Crippen LogP) is 2.61. The van der Waals surface area contributed by atoms with Crippen LogP contribution in [0.2, 0.25) is 0 Å². The van der Waals surface area contributed by atoms with E-state index in [2.05, 4.69) is 4.98 Å². The molecule has 6 heteroatoms. The smallest absolute Gasteiger partial charge is 0.250 e. The zero-order valence-corrected chi connectivity index (χ0v) is 12.0. The summed E-state index contributed by atoms with van der Waals surface area (Å²) in [7, 11) is 3.06. The molecule has 0 aliphatic carbocycles. The van der Waals surface area contributed by atoms with E-state index in [0.717, 1.165) is 0 Å². The molecule has 0 amide bonds. The summed E-state index contributed by atoms with van der Waals surface area (Å²) in [5, 5.41) is 0.427. The molecular weight excluding hydrogens is 284 g/mol. The van der Waals surface area contributed by atoms with Gasteiger partial charge in [0.05, 0.1) is 19.6 Å². The van der Waals surface area contributed by atoms with Crippen LogP contribution in [-0.4, -0.2) is 23.6 Å². The first-order valence-corrected chi connectivity index (χ1v) is 6.68. The van der Waals surface area contributed by atoms with Crippen LogP contribution in [0.4, 0.5) is 0 Å². The zero-order chi connectivity index (χ0) is 15.3. The molecule has 0 saturated heterocycles. The highest BCUT2D eigenvalue weighted by molar-refractivity contribution is 5.90. The number of hydrogen-bond acceptors (Lipinski definition) is 5. The van der Waals surface area contributed by atoms with E-state index in [-0.39, 0.29) is 5.43 Å². The summed E-state index contributed by atoms with van der Waals surface area (Å²) in [6.45, 7) is 0. The maximum absolute atomic E-state index is 12.8. The minimum absolute atomic E-state index is 0.157. The standard InChI is InChI=1S/C16H12N2O4/c1-20-11-7-9-10(8-12(11)21-2)22-16-14(15(9)19)18-6-4-3-5-13(18)17-16/h3-8H,1-2H3. The van der Waals surface area contributed by atoms with Crippen molar-refractivity contribution in [3.05, 3.63) is 46.8 Å². The topological polar surface area (TPSA) is 66.0 Å². The maximum atomic E-state index is 12.8. The van der Waals surface area contributed by atoms with E-state index >= 15 is 0 Å². The lowest BCUT2D eigenvalue weighted by atomic mass is 10.2. The first kappa shape index (κ1) is 12.7. The number of nitrogens with zero attached hydrogens (tertiary/aromatic N) is 2. The van der Waals surface area contributed by atoms with Crippen molar-refractivity contribution in [2.75, 3.05) is 14.2 Å². The Labute approximate surface area is 124 Å². The lowest BCUT2D eigenvalue weighted by molar-refractivity contribution is 0.355. The van der Waals surface area contributed by atoms with Crippen LogP contribution in [0.1, 0.15) is 0 Å². The first-order chi connectivity index (χ1) is 10.7. The number of hydrogen-bond donors (Lipinski definition) is 0. The summed E-state index contributed by atoms with van der Waals surface area (Å²) < 4.78 is 18.0. The number of imidazole rings is 1. The van der Waals surface area contributed by atoms with Gasteiger partial charge in [-0.15, -0.1) is 0 Å². The van der Waals surface area contributed by atoms with E-state index < -0.39 is 0 Å². The van der Waals surface area contributed by atoms with Crippen molar-refractivity contribution in [1.29, 1.82) is 0 Å². The summed E-state index contributed by atoms with van der Waals surface area (Å²) in [6.07, 6.45) is 1.79. The molecule has 0 spiro atoms. The molecule has 0 saturated carbocycles. The van der Waals surface area contributed by atoms with Gasteiger partial charge in [0.1, 0.15) is 11.2 Å². The highest BCUT2D eigenvalue weighted by Gasteiger charge is 2.16.